The second-order valence-electron chi connectivity index (χ2n) is 10.3. The van der Waals surface area contributed by atoms with Crippen LogP contribution in [0.25, 0.3) is 56.0 Å². The smallest absolute Gasteiger partial charge is 0.161 e. The molecular weight excluding hydrogens is 517 g/mol. The molecule has 4 N–H and O–H groups in total. The van der Waals surface area contributed by atoms with Crippen LogP contribution in [0.5, 0.6) is 0 Å². The van der Waals surface area contributed by atoms with Crippen LogP contribution in [-0.2, 0) is 6.54 Å². The van der Waals surface area contributed by atoms with Crippen LogP contribution in [0.3, 0.4) is 0 Å². The van der Waals surface area contributed by atoms with Gasteiger partial charge in [-0.2, -0.15) is 5.10 Å². The van der Waals surface area contributed by atoms with E-state index in [1.165, 1.54) is 12.1 Å². The molecule has 0 atom stereocenters. The lowest BCUT2D eigenvalue weighted by Gasteiger charge is -2.13. The van der Waals surface area contributed by atoms with Crippen molar-refractivity contribution < 1.29 is 4.39 Å². The van der Waals surface area contributed by atoms with E-state index in [2.05, 4.69) is 48.7 Å². The highest BCUT2D eigenvalue weighted by Crippen LogP contribution is 2.33. The Kier molecular flexibility index (Phi) is 7.41. The van der Waals surface area contributed by atoms with Crippen LogP contribution in [0.2, 0.25) is 0 Å². The molecule has 6 rings (SSSR count). The number of rotatable bonds is 10. The first-order valence-corrected chi connectivity index (χ1v) is 13.7. The lowest BCUT2D eigenvalue weighted by Crippen LogP contribution is -2.20. The minimum atomic E-state index is -0.304. The number of pyridine rings is 2. The summed E-state index contributed by atoms with van der Waals surface area (Å²) < 4.78 is 14.7. The van der Waals surface area contributed by atoms with E-state index < -0.39 is 0 Å². The van der Waals surface area contributed by atoms with E-state index >= 15 is 0 Å². The Labute approximate surface area is 237 Å². The summed E-state index contributed by atoms with van der Waals surface area (Å²) in [7, 11) is 4.02. The number of aromatic nitrogens is 6. The number of aromatic amines is 2. The first kappa shape index (κ1) is 26.5. The molecule has 4 heterocycles. The van der Waals surface area contributed by atoms with E-state index in [1.807, 2.05) is 62.9 Å². The van der Waals surface area contributed by atoms with E-state index in [4.69, 9.17) is 9.97 Å². The monoisotopic (exact) mass is 549 g/mol. The van der Waals surface area contributed by atoms with Crippen LogP contribution in [-0.4, -0.2) is 68.8 Å². The van der Waals surface area contributed by atoms with Gasteiger partial charge in [-0.3, -0.25) is 10.1 Å². The van der Waals surface area contributed by atoms with E-state index in [0.717, 1.165) is 69.8 Å². The number of H-pyrrole nitrogens is 2. The number of para-hydroxylation sites is 1. The second kappa shape index (κ2) is 11.4. The fourth-order valence-corrected chi connectivity index (χ4v) is 4.87. The Morgan fingerprint density at radius 2 is 1.83 bits per heavy atom. The molecule has 0 aliphatic carbocycles. The third-order valence-corrected chi connectivity index (χ3v) is 6.91. The minimum absolute atomic E-state index is 0.304. The van der Waals surface area contributed by atoms with Crippen LogP contribution >= 0.6 is 0 Å². The van der Waals surface area contributed by atoms with Gasteiger partial charge in [0.05, 0.1) is 22.2 Å². The van der Waals surface area contributed by atoms with Crippen LogP contribution in [0.15, 0.2) is 67.0 Å². The van der Waals surface area contributed by atoms with Crippen molar-refractivity contribution in [3.8, 4) is 33.9 Å². The van der Waals surface area contributed by atoms with Crippen LogP contribution in [0.1, 0.15) is 12.5 Å². The van der Waals surface area contributed by atoms with Crippen molar-refractivity contribution in [1.82, 2.24) is 40.3 Å². The summed E-state index contributed by atoms with van der Waals surface area (Å²) in [5, 5.41) is 14.3. The van der Waals surface area contributed by atoms with Crippen molar-refractivity contribution in [1.29, 1.82) is 0 Å². The van der Waals surface area contributed by atoms with Crippen molar-refractivity contribution in [2.45, 2.75) is 13.5 Å². The van der Waals surface area contributed by atoms with Crippen molar-refractivity contribution >= 4 is 27.8 Å². The summed E-state index contributed by atoms with van der Waals surface area (Å²) in [5.74, 6) is 0.282. The van der Waals surface area contributed by atoms with E-state index in [9.17, 15) is 4.39 Å². The fraction of sp³-hybridized carbons (Fsp3) is 0.226. The van der Waals surface area contributed by atoms with Crippen LogP contribution in [0, 0.1) is 5.82 Å². The quantitative estimate of drug-likeness (QED) is 0.180. The molecule has 0 unspecified atom stereocenters. The van der Waals surface area contributed by atoms with Crippen LogP contribution in [0.4, 0.5) is 10.1 Å². The van der Waals surface area contributed by atoms with Gasteiger partial charge in [0.2, 0.25) is 0 Å². The van der Waals surface area contributed by atoms with Gasteiger partial charge in [0.25, 0.3) is 0 Å². The Hall–Kier alpha value is -4.67. The molecule has 0 spiro atoms. The number of halogens is 1. The summed E-state index contributed by atoms with van der Waals surface area (Å²) in [5.41, 5.74) is 8.83. The molecule has 10 heteroatoms. The molecule has 41 heavy (non-hydrogen) atoms. The number of imidazole rings is 1. The zero-order chi connectivity index (χ0) is 28.3. The molecule has 0 amide bonds. The van der Waals surface area contributed by atoms with Gasteiger partial charge in [-0.15, -0.1) is 0 Å². The Bertz CT molecular complexity index is 1820. The van der Waals surface area contributed by atoms with Crippen LogP contribution < -0.4 is 10.6 Å². The lowest BCUT2D eigenvalue weighted by atomic mass is 10.0. The normalized spacial score (nSPS) is 11.6. The van der Waals surface area contributed by atoms with Gasteiger partial charge >= 0.3 is 0 Å². The van der Waals surface area contributed by atoms with E-state index in [1.54, 1.807) is 0 Å². The van der Waals surface area contributed by atoms with Gasteiger partial charge in [-0.05, 0) is 74.2 Å². The SMILES string of the molecule is CCNCc1cncc(-c2ccc3[nH]nc(-c4nc5c(-c6cc(F)cc(NCCN(C)C)c6)cccc5[nH]4)c3n2)c1. The summed E-state index contributed by atoms with van der Waals surface area (Å²) >= 11 is 0. The number of hydrogen-bond acceptors (Lipinski definition) is 7. The molecule has 208 valence electrons. The molecule has 6 aromatic rings. The van der Waals surface area contributed by atoms with Crippen molar-refractivity contribution in [2.75, 3.05) is 39.0 Å². The maximum atomic E-state index is 14.7. The Balaban J connectivity index is 1.37. The number of likely N-dealkylation sites (N-methyl/N-ethyl adjacent to an activating group) is 1. The van der Waals surface area contributed by atoms with E-state index in [0.29, 0.717) is 23.6 Å². The molecule has 0 aliphatic heterocycles. The lowest BCUT2D eigenvalue weighted by molar-refractivity contribution is 0.425. The first-order valence-electron chi connectivity index (χ1n) is 13.7. The number of nitrogens with zero attached hydrogens (tertiary/aromatic N) is 5. The number of nitrogens with one attached hydrogen (secondary N) is 4. The zero-order valence-corrected chi connectivity index (χ0v) is 23.3. The molecule has 0 saturated heterocycles. The highest BCUT2D eigenvalue weighted by molar-refractivity contribution is 5.96. The second-order valence-corrected chi connectivity index (χ2v) is 10.3. The predicted molar refractivity (Wildman–Crippen MR) is 162 cm³/mol. The third kappa shape index (κ3) is 5.65. The molecule has 9 nitrogen and oxygen atoms in total. The Morgan fingerprint density at radius 1 is 0.927 bits per heavy atom. The van der Waals surface area contributed by atoms with Gasteiger partial charge in [-0.25, -0.2) is 14.4 Å². The summed E-state index contributed by atoms with van der Waals surface area (Å²) in [6.07, 6.45) is 3.68. The van der Waals surface area contributed by atoms with Gasteiger partial charge in [0.15, 0.2) is 11.5 Å². The maximum Gasteiger partial charge on any atom is 0.161 e. The highest BCUT2D eigenvalue weighted by atomic mass is 19.1. The van der Waals surface area contributed by atoms with Gasteiger partial charge < -0.3 is 20.5 Å². The average molecular weight is 550 g/mol. The topological polar surface area (TPSA) is 110 Å². The maximum absolute atomic E-state index is 14.7. The molecule has 0 saturated carbocycles. The van der Waals surface area contributed by atoms with Crippen molar-refractivity contribution in [3.63, 3.8) is 0 Å². The standard InChI is InChI=1S/C31H32FN9/c1-4-33-16-19-12-21(18-34-17-19)25-8-9-27-29(36-25)30(40-39-27)31-37-26-7-5-6-24(28(26)38-31)20-13-22(32)15-23(14-20)35-10-11-41(2)3/h5-9,12-15,17-18,33,35H,4,10-11,16H2,1-3H3,(H,37,38)(H,39,40). The third-order valence-electron chi connectivity index (χ3n) is 6.91. The fourth-order valence-electron chi connectivity index (χ4n) is 4.87. The molecular formula is C31H32FN9. The number of anilines is 1. The largest absolute Gasteiger partial charge is 0.384 e. The predicted octanol–water partition coefficient (Wildman–Crippen LogP) is 5.45. The summed E-state index contributed by atoms with van der Waals surface area (Å²) in [6, 6.07) is 16.9. The molecule has 4 aromatic heterocycles. The van der Waals surface area contributed by atoms with E-state index in [-0.39, 0.29) is 5.82 Å². The molecule has 0 fully saturated rings. The minimum Gasteiger partial charge on any atom is -0.384 e. The molecule has 2 aromatic carbocycles. The highest BCUT2D eigenvalue weighted by Gasteiger charge is 2.17. The molecule has 0 bridgehead atoms. The van der Waals surface area contributed by atoms with Gasteiger partial charge in [0.1, 0.15) is 11.3 Å². The van der Waals surface area contributed by atoms with Gasteiger partial charge in [0, 0.05) is 48.8 Å². The number of fused-ring (bicyclic) bond motifs is 2. The van der Waals surface area contributed by atoms with Crippen molar-refractivity contribution in [3.05, 3.63) is 78.4 Å². The summed E-state index contributed by atoms with van der Waals surface area (Å²) in [6.45, 7) is 5.27. The molecule has 0 radical (unpaired) electrons. The van der Waals surface area contributed by atoms with Crippen molar-refractivity contribution in [2.24, 2.45) is 0 Å². The van der Waals surface area contributed by atoms with Gasteiger partial charge in [-0.1, -0.05) is 19.1 Å². The average Bonchev–Trinajstić information content (AvgIpc) is 3.59. The zero-order valence-electron chi connectivity index (χ0n) is 23.3. The first-order chi connectivity index (χ1) is 20.0. The number of hydrogen-bond donors (Lipinski definition) is 4. The molecule has 0 aliphatic rings. The summed E-state index contributed by atoms with van der Waals surface area (Å²) in [4.78, 5) is 19.8. The number of benzene rings is 2. The Morgan fingerprint density at radius 3 is 2.68 bits per heavy atom.